The van der Waals surface area contributed by atoms with Crippen LogP contribution in [-0.2, 0) is 10.0 Å². The van der Waals surface area contributed by atoms with Gasteiger partial charge >= 0.3 is 0 Å². The minimum atomic E-state index is -3.86. The lowest BCUT2D eigenvalue weighted by Crippen LogP contribution is -2.17. The fraction of sp³-hybridized carbons (Fsp3) is 0.0952. The van der Waals surface area contributed by atoms with Gasteiger partial charge in [0.25, 0.3) is 15.9 Å². The molecule has 1 heterocycles. The van der Waals surface area contributed by atoms with Gasteiger partial charge in [-0.3, -0.25) is 9.52 Å². The molecule has 0 radical (unpaired) electrons. The van der Waals surface area contributed by atoms with Crippen LogP contribution in [0.4, 0.5) is 11.4 Å². The zero-order chi connectivity index (χ0) is 22.0. The standard InChI is InChI=1S/C21H17ClN2O6S/c22-13-1-7-18(25)17(11-13)21(26)23-14-2-4-15(5-3-14)24-31(27,28)16-6-8-19-20(12-16)30-10-9-29-19/h1-8,11-12,24-25H,9-10H2,(H,23,26). The Kier molecular flexibility index (Phi) is 5.62. The number of nitrogens with one attached hydrogen (secondary N) is 2. The highest BCUT2D eigenvalue weighted by Crippen LogP contribution is 2.33. The molecule has 3 N–H and O–H groups in total. The molecule has 10 heteroatoms. The normalized spacial score (nSPS) is 12.8. The van der Waals surface area contributed by atoms with Crippen LogP contribution in [0, 0.1) is 0 Å². The second kappa shape index (κ2) is 8.37. The van der Waals surface area contributed by atoms with E-state index in [1.165, 1.54) is 54.6 Å². The molecule has 1 amide bonds. The number of aromatic hydroxyl groups is 1. The summed E-state index contributed by atoms with van der Waals surface area (Å²) in [4.78, 5) is 12.4. The predicted molar refractivity (Wildman–Crippen MR) is 116 cm³/mol. The van der Waals surface area contributed by atoms with E-state index in [1.807, 2.05) is 0 Å². The van der Waals surface area contributed by atoms with E-state index in [2.05, 4.69) is 10.0 Å². The molecule has 4 rings (SSSR count). The number of benzene rings is 3. The van der Waals surface area contributed by atoms with Crippen LogP contribution in [-0.4, -0.2) is 32.6 Å². The topological polar surface area (TPSA) is 114 Å². The van der Waals surface area contributed by atoms with Crippen LogP contribution >= 0.6 is 11.6 Å². The zero-order valence-electron chi connectivity index (χ0n) is 16.0. The van der Waals surface area contributed by atoms with E-state index in [1.54, 1.807) is 6.07 Å². The Morgan fingerprint density at radius 2 is 1.58 bits per heavy atom. The van der Waals surface area contributed by atoms with Crippen molar-refractivity contribution >= 4 is 38.9 Å². The quantitative estimate of drug-likeness (QED) is 0.532. The summed E-state index contributed by atoms with van der Waals surface area (Å²) in [7, 11) is -3.86. The van der Waals surface area contributed by atoms with Crippen molar-refractivity contribution in [3.63, 3.8) is 0 Å². The number of hydrogen-bond donors (Lipinski definition) is 3. The minimum absolute atomic E-state index is 0.0240. The van der Waals surface area contributed by atoms with Crippen LogP contribution in [0.2, 0.25) is 5.02 Å². The highest BCUT2D eigenvalue weighted by molar-refractivity contribution is 7.92. The number of fused-ring (bicyclic) bond motifs is 1. The second-order valence-corrected chi connectivity index (χ2v) is 8.72. The van der Waals surface area contributed by atoms with Gasteiger partial charge in [0, 0.05) is 22.5 Å². The largest absolute Gasteiger partial charge is 0.507 e. The van der Waals surface area contributed by atoms with E-state index in [-0.39, 0.29) is 16.2 Å². The Hall–Kier alpha value is -3.43. The third-order valence-corrected chi connectivity index (χ3v) is 6.04. The van der Waals surface area contributed by atoms with Gasteiger partial charge in [-0.05, 0) is 54.6 Å². The first-order valence-corrected chi connectivity index (χ1v) is 11.0. The number of phenols is 1. The Bertz CT molecular complexity index is 1250. The molecule has 0 atom stereocenters. The number of ether oxygens (including phenoxy) is 2. The van der Waals surface area contributed by atoms with Gasteiger partial charge in [-0.25, -0.2) is 8.42 Å². The molecule has 0 bridgehead atoms. The van der Waals surface area contributed by atoms with Crippen molar-refractivity contribution < 1.29 is 27.8 Å². The van der Waals surface area contributed by atoms with Gasteiger partial charge in [0.2, 0.25) is 0 Å². The van der Waals surface area contributed by atoms with Crippen LogP contribution in [0.15, 0.2) is 65.6 Å². The molecule has 3 aromatic carbocycles. The fourth-order valence-corrected chi connectivity index (χ4v) is 4.16. The number of phenolic OH excluding ortho intramolecular Hbond substituents is 1. The molecule has 0 saturated heterocycles. The van der Waals surface area contributed by atoms with Gasteiger partial charge in [-0.15, -0.1) is 0 Å². The van der Waals surface area contributed by atoms with Gasteiger partial charge in [0.05, 0.1) is 10.5 Å². The SMILES string of the molecule is O=C(Nc1ccc(NS(=O)(=O)c2ccc3c(c2)OCCO3)cc1)c1cc(Cl)ccc1O. The molecule has 0 aliphatic carbocycles. The number of anilines is 2. The van der Waals surface area contributed by atoms with Crippen molar-refractivity contribution in [2.75, 3.05) is 23.3 Å². The summed E-state index contributed by atoms with van der Waals surface area (Å²) in [6, 6.07) is 14.6. The number of carbonyl (C=O) groups is 1. The molecule has 3 aromatic rings. The maximum Gasteiger partial charge on any atom is 0.262 e. The molecule has 160 valence electrons. The summed E-state index contributed by atoms with van der Waals surface area (Å²) >= 11 is 5.86. The number of amides is 1. The van der Waals surface area contributed by atoms with Crippen LogP contribution in [0.5, 0.6) is 17.2 Å². The molecule has 0 unspecified atom stereocenters. The van der Waals surface area contributed by atoms with Crippen LogP contribution in [0.1, 0.15) is 10.4 Å². The van der Waals surface area contributed by atoms with Crippen molar-refractivity contribution in [3.8, 4) is 17.2 Å². The Labute approximate surface area is 183 Å². The molecule has 31 heavy (non-hydrogen) atoms. The maximum absolute atomic E-state index is 12.7. The minimum Gasteiger partial charge on any atom is -0.507 e. The van der Waals surface area contributed by atoms with E-state index in [9.17, 15) is 18.3 Å². The van der Waals surface area contributed by atoms with E-state index in [4.69, 9.17) is 21.1 Å². The van der Waals surface area contributed by atoms with Gasteiger partial charge in [-0.2, -0.15) is 0 Å². The summed E-state index contributed by atoms with van der Waals surface area (Å²) in [5.41, 5.74) is 0.737. The first-order chi connectivity index (χ1) is 14.8. The summed E-state index contributed by atoms with van der Waals surface area (Å²) < 4.78 is 38.7. The van der Waals surface area contributed by atoms with Crippen LogP contribution < -0.4 is 19.5 Å². The first-order valence-electron chi connectivity index (χ1n) is 9.14. The van der Waals surface area contributed by atoms with E-state index >= 15 is 0 Å². The van der Waals surface area contributed by atoms with E-state index < -0.39 is 15.9 Å². The molecule has 1 aliphatic heterocycles. The van der Waals surface area contributed by atoms with Crippen molar-refractivity contribution in [1.82, 2.24) is 0 Å². The molecule has 0 spiro atoms. The average Bonchev–Trinajstić information content (AvgIpc) is 2.76. The Balaban J connectivity index is 1.47. The van der Waals surface area contributed by atoms with Gasteiger partial charge in [-0.1, -0.05) is 11.6 Å². The number of rotatable bonds is 5. The number of carbonyl (C=O) groups excluding carboxylic acids is 1. The Morgan fingerprint density at radius 1 is 0.903 bits per heavy atom. The summed E-state index contributed by atoms with van der Waals surface area (Å²) in [5.74, 6) is 0.114. The smallest absolute Gasteiger partial charge is 0.262 e. The molecular formula is C21H17ClN2O6S. The van der Waals surface area contributed by atoms with Gasteiger partial charge in [0.1, 0.15) is 19.0 Å². The number of sulfonamides is 1. The highest BCUT2D eigenvalue weighted by Gasteiger charge is 2.19. The summed E-state index contributed by atoms with van der Waals surface area (Å²) in [5, 5.41) is 12.8. The fourth-order valence-electron chi connectivity index (χ4n) is 2.92. The van der Waals surface area contributed by atoms with Crippen molar-refractivity contribution in [2.24, 2.45) is 0 Å². The highest BCUT2D eigenvalue weighted by atomic mass is 35.5. The maximum atomic E-state index is 12.7. The van der Waals surface area contributed by atoms with Gasteiger partial charge in [0.15, 0.2) is 11.5 Å². The third kappa shape index (κ3) is 4.68. The first kappa shape index (κ1) is 20.8. The number of halogens is 1. The summed E-state index contributed by atoms with van der Waals surface area (Å²) in [6.07, 6.45) is 0. The lowest BCUT2D eigenvalue weighted by molar-refractivity contribution is 0.102. The molecule has 0 saturated carbocycles. The molecular weight excluding hydrogens is 444 g/mol. The van der Waals surface area contributed by atoms with Crippen molar-refractivity contribution in [1.29, 1.82) is 0 Å². The van der Waals surface area contributed by atoms with Gasteiger partial charge < -0.3 is 19.9 Å². The molecule has 1 aliphatic rings. The Morgan fingerprint density at radius 3 is 2.32 bits per heavy atom. The van der Waals surface area contributed by atoms with Crippen molar-refractivity contribution in [3.05, 3.63) is 71.2 Å². The average molecular weight is 461 g/mol. The van der Waals surface area contributed by atoms with E-state index in [0.717, 1.165) is 0 Å². The van der Waals surface area contributed by atoms with Crippen molar-refractivity contribution in [2.45, 2.75) is 4.90 Å². The van der Waals surface area contributed by atoms with Crippen LogP contribution in [0.25, 0.3) is 0 Å². The second-order valence-electron chi connectivity index (χ2n) is 6.60. The molecule has 0 aromatic heterocycles. The predicted octanol–water partition coefficient (Wildman–Crippen LogP) is 3.87. The third-order valence-electron chi connectivity index (χ3n) is 4.42. The monoisotopic (exact) mass is 460 g/mol. The molecule has 0 fully saturated rings. The number of hydrogen-bond acceptors (Lipinski definition) is 6. The lowest BCUT2D eigenvalue weighted by atomic mass is 10.2. The zero-order valence-corrected chi connectivity index (χ0v) is 17.5. The molecule has 8 nitrogen and oxygen atoms in total. The van der Waals surface area contributed by atoms with Crippen LogP contribution in [0.3, 0.4) is 0 Å². The van der Waals surface area contributed by atoms with E-state index in [0.29, 0.717) is 41.1 Å². The summed E-state index contributed by atoms with van der Waals surface area (Å²) in [6.45, 7) is 0.765. The lowest BCUT2D eigenvalue weighted by Gasteiger charge is -2.19.